The van der Waals surface area contributed by atoms with Gasteiger partial charge < -0.3 is 15.7 Å². The molecule has 1 aromatic rings. The molecule has 3 N–H and O–H groups in total. The van der Waals surface area contributed by atoms with Gasteiger partial charge in [-0.15, -0.1) is 0 Å². The summed E-state index contributed by atoms with van der Waals surface area (Å²) in [6.07, 6.45) is 1.39. The third-order valence-electron chi connectivity index (χ3n) is 2.68. The first-order chi connectivity index (χ1) is 8.59. The standard InChI is InChI=1S/C11H13N3O3S/c12-7-1-2-8(13-5-7)10(15)14-3-4-18-6-9(14)11(16)17/h1-2,5,9H,3-4,6,12H2,(H,16,17). The number of aromatic nitrogens is 1. The minimum atomic E-state index is -0.981. The number of amides is 1. The molecule has 0 spiro atoms. The van der Waals surface area contributed by atoms with Crippen molar-refractivity contribution < 1.29 is 14.7 Å². The number of hydrogen-bond acceptors (Lipinski definition) is 5. The van der Waals surface area contributed by atoms with Gasteiger partial charge in [0.05, 0.1) is 11.9 Å². The molecule has 1 amide bonds. The lowest BCUT2D eigenvalue weighted by Gasteiger charge is -2.32. The number of carboxylic acids is 1. The van der Waals surface area contributed by atoms with Gasteiger partial charge in [-0.3, -0.25) is 4.79 Å². The van der Waals surface area contributed by atoms with Crippen LogP contribution >= 0.6 is 11.8 Å². The van der Waals surface area contributed by atoms with E-state index in [1.165, 1.54) is 28.9 Å². The van der Waals surface area contributed by atoms with Crippen LogP contribution in [0, 0.1) is 0 Å². The third kappa shape index (κ3) is 2.56. The molecular formula is C11H13N3O3S. The summed E-state index contributed by atoms with van der Waals surface area (Å²) in [6, 6.07) is 2.31. The Morgan fingerprint density at radius 2 is 2.28 bits per heavy atom. The molecule has 1 aromatic heterocycles. The monoisotopic (exact) mass is 267 g/mol. The lowest BCUT2D eigenvalue weighted by Crippen LogP contribution is -2.50. The number of carbonyl (C=O) groups excluding carboxylic acids is 1. The van der Waals surface area contributed by atoms with E-state index in [-0.39, 0.29) is 11.6 Å². The predicted molar refractivity (Wildman–Crippen MR) is 68.4 cm³/mol. The van der Waals surface area contributed by atoms with E-state index in [9.17, 15) is 9.59 Å². The van der Waals surface area contributed by atoms with Crippen molar-refractivity contribution >= 4 is 29.3 Å². The number of thioether (sulfide) groups is 1. The van der Waals surface area contributed by atoms with Gasteiger partial charge in [-0.05, 0) is 12.1 Å². The number of rotatable bonds is 2. The molecule has 1 aliphatic rings. The Morgan fingerprint density at radius 1 is 1.50 bits per heavy atom. The Hall–Kier alpha value is -1.76. The summed E-state index contributed by atoms with van der Waals surface area (Å²) in [5.41, 5.74) is 6.19. The molecule has 1 fully saturated rings. The van der Waals surface area contributed by atoms with Crippen molar-refractivity contribution in [2.24, 2.45) is 0 Å². The highest BCUT2D eigenvalue weighted by molar-refractivity contribution is 7.99. The van der Waals surface area contributed by atoms with Crippen LogP contribution in [0.1, 0.15) is 10.5 Å². The highest BCUT2D eigenvalue weighted by Crippen LogP contribution is 2.19. The minimum Gasteiger partial charge on any atom is -0.480 e. The van der Waals surface area contributed by atoms with E-state index in [0.717, 1.165) is 5.75 Å². The van der Waals surface area contributed by atoms with Crippen molar-refractivity contribution in [1.29, 1.82) is 0 Å². The van der Waals surface area contributed by atoms with Crippen molar-refractivity contribution in [2.75, 3.05) is 23.8 Å². The van der Waals surface area contributed by atoms with E-state index in [4.69, 9.17) is 10.8 Å². The normalized spacial score (nSPS) is 19.6. The molecule has 18 heavy (non-hydrogen) atoms. The number of pyridine rings is 1. The van der Waals surface area contributed by atoms with Crippen LogP contribution in [0.4, 0.5) is 5.69 Å². The minimum absolute atomic E-state index is 0.224. The number of aliphatic carboxylic acids is 1. The summed E-state index contributed by atoms with van der Waals surface area (Å²) in [5, 5.41) is 9.10. The topological polar surface area (TPSA) is 96.5 Å². The highest BCUT2D eigenvalue weighted by Gasteiger charge is 2.33. The smallest absolute Gasteiger partial charge is 0.327 e. The van der Waals surface area contributed by atoms with Crippen LogP contribution < -0.4 is 5.73 Å². The first-order valence-electron chi connectivity index (χ1n) is 5.42. The average Bonchev–Trinajstić information content (AvgIpc) is 2.39. The number of nitrogen functional groups attached to an aromatic ring is 1. The van der Waals surface area contributed by atoms with Crippen molar-refractivity contribution in [3.05, 3.63) is 24.0 Å². The maximum atomic E-state index is 12.2. The summed E-state index contributed by atoms with van der Waals surface area (Å²) < 4.78 is 0. The number of hydrogen-bond donors (Lipinski definition) is 2. The molecule has 0 bridgehead atoms. The number of anilines is 1. The van der Waals surface area contributed by atoms with Gasteiger partial charge in [0, 0.05) is 18.1 Å². The average molecular weight is 267 g/mol. The zero-order chi connectivity index (χ0) is 13.1. The van der Waals surface area contributed by atoms with E-state index in [1.807, 2.05) is 0 Å². The summed E-state index contributed by atoms with van der Waals surface area (Å²) in [5.74, 6) is -0.186. The molecule has 2 rings (SSSR count). The molecule has 6 nitrogen and oxygen atoms in total. The van der Waals surface area contributed by atoms with E-state index < -0.39 is 12.0 Å². The number of nitrogens with two attached hydrogens (primary N) is 1. The first kappa shape index (κ1) is 12.7. The van der Waals surface area contributed by atoms with Crippen molar-refractivity contribution in [1.82, 2.24) is 9.88 Å². The second-order valence-electron chi connectivity index (χ2n) is 3.90. The van der Waals surface area contributed by atoms with Crippen molar-refractivity contribution in [3.63, 3.8) is 0 Å². The fourth-order valence-electron chi connectivity index (χ4n) is 1.73. The SMILES string of the molecule is Nc1ccc(C(=O)N2CCSCC2C(=O)O)nc1. The number of carbonyl (C=O) groups is 2. The summed E-state index contributed by atoms with van der Waals surface area (Å²) in [7, 11) is 0. The van der Waals surface area contributed by atoms with Crippen LogP contribution in [-0.4, -0.2) is 51.0 Å². The predicted octanol–water partition coefficient (Wildman–Crippen LogP) is 0.306. The lowest BCUT2D eigenvalue weighted by atomic mass is 10.2. The van der Waals surface area contributed by atoms with Crippen molar-refractivity contribution in [3.8, 4) is 0 Å². The zero-order valence-electron chi connectivity index (χ0n) is 9.57. The van der Waals surface area contributed by atoms with E-state index in [2.05, 4.69) is 4.98 Å². The van der Waals surface area contributed by atoms with E-state index >= 15 is 0 Å². The molecule has 1 atom stereocenters. The molecule has 7 heteroatoms. The molecule has 1 aliphatic heterocycles. The summed E-state index contributed by atoms with van der Waals surface area (Å²) in [6.45, 7) is 0.423. The van der Waals surface area contributed by atoms with Gasteiger partial charge in [0.15, 0.2) is 0 Å². The Balaban J connectivity index is 2.20. The maximum absolute atomic E-state index is 12.2. The van der Waals surface area contributed by atoms with Crippen LogP contribution in [0.2, 0.25) is 0 Å². The Kier molecular flexibility index (Phi) is 3.71. The largest absolute Gasteiger partial charge is 0.480 e. The first-order valence-corrected chi connectivity index (χ1v) is 6.58. The van der Waals surface area contributed by atoms with Crippen molar-refractivity contribution in [2.45, 2.75) is 6.04 Å². The molecular weight excluding hydrogens is 254 g/mol. The quantitative estimate of drug-likeness (QED) is 0.800. The fraction of sp³-hybridized carbons (Fsp3) is 0.364. The molecule has 0 saturated carbocycles. The van der Waals surface area contributed by atoms with E-state index in [1.54, 1.807) is 6.07 Å². The van der Waals surface area contributed by atoms with Crippen LogP contribution in [0.3, 0.4) is 0 Å². The van der Waals surface area contributed by atoms with Gasteiger partial charge >= 0.3 is 5.97 Å². The van der Waals surface area contributed by atoms with E-state index in [0.29, 0.717) is 18.0 Å². The highest BCUT2D eigenvalue weighted by atomic mass is 32.2. The fourth-order valence-corrected chi connectivity index (χ4v) is 2.77. The molecule has 2 heterocycles. The Morgan fingerprint density at radius 3 is 2.89 bits per heavy atom. The summed E-state index contributed by atoms with van der Waals surface area (Å²) >= 11 is 1.54. The van der Waals surface area contributed by atoms with Gasteiger partial charge in [0.25, 0.3) is 5.91 Å². The molecule has 0 aromatic carbocycles. The number of carboxylic acid groups (broad SMARTS) is 1. The second-order valence-corrected chi connectivity index (χ2v) is 5.05. The van der Waals surface area contributed by atoms with Gasteiger partial charge in [-0.25, -0.2) is 9.78 Å². The third-order valence-corrected chi connectivity index (χ3v) is 3.70. The second kappa shape index (κ2) is 5.26. The molecule has 0 aliphatic carbocycles. The number of nitrogens with zero attached hydrogens (tertiary/aromatic N) is 2. The van der Waals surface area contributed by atoms with Crippen LogP contribution in [0.15, 0.2) is 18.3 Å². The molecule has 0 radical (unpaired) electrons. The van der Waals surface area contributed by atoms with Crippen LogP contribution in [0.25, 0.3) is 0 Å². The van der Waals surface area contributed by atoms with Gasteiger partial charge in [-0.1, -0.05) is 0 Å². The zero-order valence-corrected chi connectivity index (χ0v) is 10.4. The Bertz CT molecular complexity index is 463. The maximum Gasteiger partial charge on any atom is 0.327 e. The molecule has 96 valence electrons. The van der Waals surface area contributed by atoms with Gasteiger partial charge in [-0.2, -0.15) is 11.8 Å². The van der Waals surface area contributed by atoms with Crippen LogP contribution in [-0.2, 0) is 4.79 Å². The van der Waals surface area contributed by atoms with Gasteiger partial charge in [0.1, 0.15) is 11.7 Å². The molecule has 1 saturated heterocycles. The van der Waals surface area contributed by atoms with Gasteiger partial charge in [0.2, 0.25) is 0 Å². The summed E-state index contributed by atoms with van der Waals surface area (Å²) in [4.78, 5) is 28.6. The Labute approximate surface area is 108 Å². The van der Waals surface area contributed by atoms with Crippen LogP contribution in [0.5, 0.6) is 0 Å². The molecule has 1 unspecified atom stereocenters. The lowest BCUT2D eigenvalue weighted by molar-refractivity contribution is -0.141.